The van der Waals surface area contributed by atoms with Crippen molar-refractivity contribution >= 4 is 5.97 Å². The number of carbonyl (C=O) groups excluding carboxylic acids is 1. The lowest BCUT2D eigenvalue weighted by Gasteiger charge is -2.36. The Bertz CT molecular complexity index is 1170. The number of benzene rings is 3. The fraction of sp³-hybridized carbons (Fsp3) is 0.0417. The summed E-state index contributed by atoms with van der Waals surface area (Å²) >= 11 is 0. The van der Waals surface area contributed by atoms with Crippen LogP contribution in [0.1, 0.15) is 27.0 Å². The highest BCUT2D eigenvalue weighted by Crippen LogP contribution is 2.56. The maximum atomic E-state index is 12.5. The number of phenolic OH excluding ortho intramolecular Hbond substituents is 2. The van der Waals surface area contributed by atoms with Crippen LogP contribution in [0, 0.1) is 0 Å². The van der Waals surface area contributed by atoms with Crippen LogP contribution in [0.2, 0.25) is 0 Å². The van der Waals surface area contributed by atoms with Crippen molar-refractivity contribution in [3.8, 4) is 23.0 Å². The molecule has 1 spiro atoms. The molecule has 0 fully saturated rings. The van der Waals surface area contributed by atoms with Crippen molar-refractivity contribution in [1.29, 1.82) is 0 Å². The van der Waals surface area contributed by atoms with Crippen LogP contribution in [0.15, 0.2) is 89.7 Å². The summed E-state index contributed by atoms with van der Waals surface area (Å²) in [6.07, 6.45) is 3.25. The number of ether oxygens (including phenoxy) is 2. The van der Waals surface area contributed by atoms with E-state index in [1.54, 1.807) is 36.8 Å². The Hall–Kier alpha value is -4.19. The summed E-state index contributed by atoms with van der Waals surface area (Å²) in [7, 11) is 0. The van der Waals surface area contributed by atoms with Gasteiger partial charge in [0.1, 0.15) is 23.0 Å². The number of rotatable bonds is 0. The summed E-state index contributed by atoms with van der Waals surface area (Å²) in [4.78, 5) is 12.5. The highest BCUT2D eigenvalue weighted by atomic mass is 16.6. The molecule has 0 bridgehead atoms. The van der Waals surface area contributed by atoms with Gasteiger partial charge in [-0.15, -0.1) is 0 Å². The van der Waals surface area contributed by atoms with Crippen LogP contribution in [0.4, 0.5) is 0 Å². The second-order valence-corrected chi connectivity index (χ2v) is 6.87. The highest BCUT2D eigenvalue weighted by Gasteiger charge is 2.53. The molecule has 0 radical (unpaired) electrons. The maximum Gasteiger partial charge on any atom is 0.340 e. The van der Waals surface area contributed by atoms with Gasteiger partial charge >= 0.3 is 5.97 Å². The van der Waals surface area contributed by atoms with E-state index in [2.05, 4.69) is 4.42 Å². The molecule has 0 aliphatic carbocycles. The van der Waals surface area contributed by atoms with Crippen LogP contribution in [0.3, 0.4) is 0 Å². The Balaban J connectivity index is 0.000000340. The van der Waals surface area contributed by atoms with Gasteiger partial charge in [-0.2, -0.15) is 0 Å². The number of hydrogen-bond donors (Lipinski definition) is 2. The van der Waals surface area contributed by atoms with Crippen LogP contribution in [0.25, 0.3) is 0 Å². The number of fused-ring (bicyclic) bond motifs is 6. The number of carbonyl (C=O) groups is 1. The number of hydrogen-bond acceptors (Lipinski definition) is 6. The van der Waals surface area contributed by atoms with Gasteiger partial charge in [-0.05, 0) is 42.5 Å². The molecule has 0 saturated carbocycles. The summed E-state index contributed by atoms with van der Waals surface area (Å²) in [6.45, 7) is 0. The molecule has 30 heavy (non-hydrogen) atoms. The van der Waals surface area contributed by atoms with Crippen LogP contribution in [-0.4, -0.2) is 16.2 Å². The SMILES string of the molecule is O=C1OC2(c3ccc(O)cc3Oc3cc(O)ccc32)c2ccccc21.c1ccoc1. The second kappa shape index (κ2) is 6.70. The van der Waals surface area contributed by atoms with Crippen LogP contribution in [0.5, 0.6) is 23.0 Å². The Labute approximate surface area is 171 Å². The highest BCUT2D eigenvalue weighted by molar-refractivity contribution is 5.97. The molecule has 0 unspecified atom stereocenters. The van der Waals surface area contributed by atoms with Gasteiger partial charge in [0.25, 0.3) is 0 Å². The molecular formula is C24H16O6. The van der Waals surface area contributed by atoms with Crippen LogP contribution < -0.4 is 4.74 Å². The van der Waals surface area contributed by atoms with E-state index in [1.807, 2.05) is 24.3 Å². The van der Waals surface area contributed by atoms with E-state index in [-0.39, 0.29) is 11.5 Å². The van der Waals surface area contributed by atoms with Crippen molar-refractivity contribution in [3.63, 3.8) is 0 Å². The van der Waals surface area contributed by atoms with E-state index in [1.165, 1.54) is 24.3 Å². The average molecular weight is 400 g/mol. The summed E-state index contributed by atoms with van der Waals surface area (Å²) < 4.78 is 16.4. The van der Waals surface area contributed by atoms with Crippen molar-refractivity contribution in [2.24, 2.45) is 0 Å². The largest absolute Gasteiger partial charge is 0.508 e. The lowest BCUT2D eigenvalue weighted by Crippen LogP contribution is -2.32. The van der Waals surface area contributed by atoms with Crippen LogP contribution in [-0.2, 0) is 10.3 Å². The van der Waals surface area contributed by atoms with E-state index in [9.17, 15) is 15.0 Å². The molecule has 6 nitrogen and oxygen atoms in total. The van der Waals surface area contributed by atoms with Crippen molar-refractivity contribution in [2.75, 3.05) is 0 Å². The first-order chi connectivity index (χ1) is 14.6. The fourth-order valence-electron chi connectivity index (χ4n) is 3.88. The topological polar surface area (TPSA) is 89.1 Å². The maximum absolute atomic E-state index is 12.5. The first kappa shape index (κ1) is 17.9. The molecule has 1 aromatic heterocycles. The number of esters is 1. The van der Waals surface area contributed by atoms with E-state index in [0.717, 1.165) is 0 Å². The summed E-state index contributed by atoms with van der Waals surface area (Å²) in [5, 5.41) is 19.7. The van der Waals surface area contributed by atoms with Crippen LogP contribution >= 0.6 is 0 Å². The van der Waals surface area contributed by atoms with Gasteiger partial charge in [0.05, 0.1) is 18.1 Å². The molecule has 6 heteroatoms. The average Bonchev–Trinajstić information content (AvgIpc) is 3.40. The minimum atomic E-state index is -1.17. The Morgan fingerprint density at radius 1 is 0.700 bits per heavy atom. The van der Waals surface area contributed by atoms with Gasteiger partial charge in [0.2, 0.25) is 0 Å². The molecule has 0 atom stereocenters. The van der Waals surface area contributed by atoms with Crippen molar-refractivity contribution in [2.45, 2.75) is 5.60 Å². The zero-order valence-electron chi connectivity index (χ0n) is 15.6. The molecule has 3 heterocycles. The normalized spacial score (nSPS) is 14.5. The molecule has 6 rings (SSSR count). The smallest absolute Gasteiger partial charge is 0.340 e. The molecule has 2 N–H and O–H groups in total. The van der Waals surface area contributed by atoms with Crippen molar-refractivity contribution in [1.82, 2.24) is 0 Å². The van der Waals surface area contributed by atoms with E-state index in [0.29, 0.717) is 33.8 Å². The second-order valence-electron chi connectivity index (χ2n) is 6.87. The standard InChI is InChI=1S/C20H12O5.C4H4O/c21-11-5-7-15-17(9-11)24-18-10-12(22)6-8-16(18)20(15)14-4-2-1-3-13(14)19(23)25-20;1-2-4-5-3-1/h1-10,21-22H;1-4H. The van der Waals surface area contributed by atoms with Gasteiger partial charge in [-0.3, -0.25) is 0 Å². The van der Waals surface area contributed by atoms with E-state index in [4.69, 9.17) is 9.47 Å². The molecule has 0 amide bonds. The lowest BCUT2D eigenvalue weighted by molar-refractivity contribution is 0.0224. The number of phenols is 2. The molecule has 2 aliphatic heterocycles. The van der Waals surface area contributed by atoms with E-state index < -0.39 is 11.6 Å². The Kier molecular flexibility index (Phi) is 3.99. The van der Waals surface area contributed by atoms with Crippen molar-refractivity contribution in [3.05, 3.63) is 108 Å². The molecule has 4 aromatic rings. The molecule has 3 aromatic carbocycles. The monoisotopic (exact) mass is 400 g/mol. The first-order valence-corrected chi connectivity index (χ1v) is 9.24. The zero-order valence-corrected chi connectivity index (χ0v) is 15.6. The molecule has 0 saturated heterocycles. The summed E-state index contributed by atoms with van der Waals surface area (Å²) in [5.74, 6) is 0.408. The summed E-state index contributed by atoms with van der Waals surface area (Å²) in [6, 6.07) is 20.3. The zero-order chi connectivity index (χ0) is 20.7. The van der Waals surface area contributed by atoms with Gasteiger partial charge in [-0.25, -0.2) is 4.79 Å². The Morgan fingerprint density at radius 3 is 1.87 bits per heavy atom. The van der Waals surface area contributed by atoms with Gasteiger partial charge < -0.3 is 24.1 Å². The predicted molar refractivity (Wildman–Crippen MR) is 107 cm³/mol. The van der Waals surface area contributed by atoms with Crippen molar-refractivity contribution < 1.29 is 28.9 Å². The molecular weight excluding hydrogens is 384 g/mol. The molecule has 148 valence electrons. The summed E-state index contributed by atoms with van der Waals surface area (Å²) in [5.41, 5.74) is 1.28. The van der Waals surface area contributed by atoms with Gasteiger partial charge in [0.15, 0.2) is 5.60 Å². The first-order valence-electron chi connectivity index (χ1n) is 9.24. The van der Waals surface area contributed by atoms with Gasteiger partial charge in [-0.1, -0.05) is 18.2 Å². The predicted octanol–water partition coefficient (Wildman–Crippen LogP) is 4.95. The lowest BCUT2D eigenvalue weighted by atomic mass is 9.77. The van der Waals surface area contributed by atoms with Gasteiger partial charge in [0, 0.05) is 28.8 Å². The fourth-order valence-corrected chi connectivity index (χ4v) is 3.88. The third-order valence-electron chi connectivity index (χ3n) is 5.11. The quantitative estimate of drug-likeness (QED) is 0.406. The minimum Gasteiger partial charge on any atom is -0.508 e. The molecule has 2 aliphatic rings. The Morgan fingerprint density at radius 2 is 1.30 bits per heavy atom. The number of aromatic hydroxyl groups is 2. The van der Waals surface area contributed by atoms with E-state index >= 15 is 0 Å². The minimum absolute atomic E-state index is 0.0371. The number of furan rings is 1. The third kappa shape index (κ3) is 2.62. The third-order valence-corrected chi connectivity index (χ3v) is 5.11.